The number of carbonyl (C=O) groups excluding carboxylic acids is 2. The van der Waals surface area contributed by atoms with E-state index in [1.807, 2.05) is 30.9 Å². The number of pyridine rings is 1. The number of hydrogen-bond acceptors (Lipinski definition) is 4. The zero-order valence-corrected chi connectivity index (χ0v) is 16.0. The lowest BCUT2D eigenvalue weighted by atomic mass is 10.1. The smallest absolute Gasteiger partial charge is 0.259 e. The van der Waals surface area contributed by atoms with Gasteiger partial charge in [0.05, 0.1) is 35.9 Å². The van der Waals surface area contributed by atoms with E-state index in [1.54, 1.807) is 29.4 Å². The van der Waals surface area contributed by atoms with Crippen molar-refractivity contribution in [2.75, 3.05) is 23.3 Å². The van der Waals surface area contributed by atoms with Crippen LogP contribution in [0.15, 0.2) is 36.7 Å². The second kappa shape index (κ2) is 6.85. The van der Waals surface area contributed by atoms with Crippen LogP contribution in [0.25, 0.3) is 0 Å². The van der Waals surface area contributed by atoms with Gasteiger partial charge in [-0.15, -0.1) is 0 Å². The highest BCUT2D eigenvalue weighted by Gasteiger charge is 2.35. The Kier molecular flexibility index (Phi) is 4.52. The second-order valence-electron chi connectivity index (χ2n) is 7.01. The van der Waals surface area contributed by atoms with Gasteiger partial charge in [0.1, 0.15) is 0 Å². The van der Waals surface area contributed by atoms with Gasteiger partial charge in [0.25, 0.3) is 5.91 Å². The van der Waals surface area contributed by atoms with Gasteiger partial charge >= 0.3 is 0 Å². The van der Waals surface area contributed by atoms with E-state index in [9.17, 15) is 9.59 Å². The molecule has 2 aliphatic heterocycles. The van der Waals surface area contributed by atoms with Crippen molar-refractivity contribution in [3.63, 3.8) is 0 Å². The monoisotopic (exact) mass is 384 g/mol. The van der Waals surface area contributed by atoms with Crippen molar-refractivity contribution in [3.8, 4) is 0 Å². The molecular weight excluding hydrogens is 364 g/mol. The van der Waals surface area contributed by atoms with Gasteiger partial charge in [0.2, 0.25) is 5.91 Å². The SMILES string of the molecule is CCC(=O)N1CC(Nc2cncc(N3C(=O)c4ccc(Cl)cc4C3C)c2)C1. The molecule has 0 radical (unpaired) electrons. The summed E-state index contributed by atoms with van der Waals surface area (Å²) in [6, 6.07) is 7.40. The van der Waals surface area contributed by atoms with Crippen LogP contribution in [0.2, 0.25) is 5.02 Å². The first-order chi connectivity index (χ1) is 13.0. The van der Waals surface area contributed by atoms with Crippen LogP contribution in [-0.2, 0) is 4.79 Å². The standard InChI is InChI=1S/C20H21ClN4O2/c1-3-19(26)24-10-15(11-24)23-14-7-16(9-22-8-14)25-12(2)18-6-13(21)4-5-17(18)20(25)27/h4-9,12,15,23H,3,10-11H2,1-2H3. The summed E-state index contributed by atoms with van der Waals surface area (Å²) in [6.45, 7) is 5.25. The van der Waals surface area contributed by atoms with Gasteiger partial charge in [-0.2, -0.15) is 0 Å². The first-order valence-corrected chi connectivity index (χ1v) is 9.48. The van der Waals surface area contributed by atoms with Gasteiger partial charge < -0.3 is 10.2 Å². The lowest BCUT2D eigenvalue weighted by molar-refractivity contribution is -0.134. The van der Waals surface area contributed by atoms with Crippen molar-refractivity contribution < 1.29 is 9.59 Å². The summed E-state index contributed by atoms with van der Waals surface area (Å²) in [4.78, 5) is 32.4. The predicted octanol–water partition coefficient (Wildman–Crippen LogP) is 3.49. The number of rotatable bonds is 4. The summed E-state index contributed by atoms with van der Waals surface area (Å²) >= 11 is 6.10. The van der Waals surface area contributed by atoms with Crippen molar-refractivity contribution in [2.45, 2.75) is 32.4 Å². The molecule has 3 heterocycles. The van der Waals surface area contributed by atoms with Gasteiger partial charge in [0.15, 0.2) is 0 Å². The Morgan fingerprint density at radius 3 is 2.81 bits per heavy atom. The average molecular weight is 385 g/mol. The summed E-state index contributed by atoms with van der Waals surface area (Å²) in [5, 5.41) is 4.02. The fraction of sp³-hybridized carbons (Fsp3) is 0.350. The number of likely N-dealkylation sites (tertiary alicyclic amines) is 1. The maximum absolute atomic E-state index is 12.9. The van der Waals surface area contributed by atoms with Crippen molar-refractivity contribution in [1.29, 1.82) is 0 Å². The van der Waals surface area contributed by atoms with Gasteiger partial charge in [-0.05, 0) is 36.8 Å². The number of aromatic nitrogens is 1. The number of nitrogens with one attached hydrogen (secondary N) is 1. The van der Waals surface area contributed by atoms with E-state index >= 15 is 0 Å². The van der Waals surface area contributed by atoms with Crippen LogP contribution < -0.4 is 10.2 Å². The Bertz CT molecular complexity index is 911. The third-order valence-electron chi connectivity index (χ3n) is 5.21. The van der Waals surface area contributed by atoms with Crippen molar-refractivity contribution in [3.05, 3.63) is 52.8 Å². The first kappa shape index (κ1) is 17.8. The van der Waals surface area contributed by atoms with Gasteiger partial charge in [-0.1, -0.05) is 18.5 Å². The molecule has 1 aromatic heterocycles. The Hall–Kier alpha value is -2.60. The van der Waals surface area contributed by atoms with E-state index in [0.29, 0.717) is 30.1 Å². The lowest BCUT2D eigenvalue weighted by Crippen LogP contribution is -2.56. The van der Waals surface area contributed by atoms with Crippen molar-refractivity contribution in [1.82, 2.24) is 9.88 Å². The molecule has 1 unspecified atom stereocenters. The molecule has 0 bridgehead atoms. The minimum atomic E-state index is -0.107. The largest absolute Gasteiger partial charge is 0.377 e. The number of benzene rings is 1. The van der Waals surface area contributed by atoms with Crippen LogP contribution in [0, 0.1) is 0 Å². The molecule has 1 aromatic carbocycles. The second-order valence-corrected chi connectivity index (χ2v) is 7.44. The quantitative estimate of drug-likeness (QED) is 0.876. The zero-order valence-electron chi connectivity index (χ0n) is 15.3. The van der Waals surface area contributed by atoms with Crippen LogP contribution in [0.1, 0.15) is 42.2 Å². The molecule has 6 nitrogen and oxygen atoms in total. The molecule has 1 N–H and O–H groups in total. The molecule has 1 atom stereocenters. The maximum Gasteiger partial charge on any atom is 0.259 e. The fourth-order valence-electron chi connectivity index (χ4n) is 3.73. The van der Waals surface area contributed by atoms with Gasteiger partial charge in [-0.25, -0.2) is 0 Å². The normalized spacial score (nSPS) is 19.1. The summed E-state index contributed by atoms with van der Waals surface area (Å²) in [6.07, 6.45) is 3.97. The number of hydrogen-bond donors (Lipinski definition) is 1. The minimum Gasteiger partial charge on any atom is -0.377 e. The van der Waals surface area contributed by atoms with Crippen molar-refractivity contribution in [2.24, 2.45) is 0 Å². The highest BCUT2D eigenvalue weighted by Crippen LogP contribution is 2.38. The Balaban J connectivity index is 1.50. The Morgan fingerprint density at radius 1 is 1.30 bits per heavy atom. The highest BCUT2D eigenvalue weighted by molar-refractivity contribution is 6.31. The van der Waals surface area contributed by atoms with E-state index in [2.05, 4.69) is 10.3 Å². The van der Waals surface area contributed by atoms with E-state index in [-0.39, 0.29) is 23.9 Å². The van der Waals surface area contributed by atoms with Crippen LogP contribution in [-0.4, -0.2) is 40.8 Å². The first-order valence-electron chi connectivity index (χ1n) is 9.10. The molecule has 7 heteroatoms. The molecule has 140 valence electrons. The zero-order chi connectivity index (χ0) is 19.1. The molecule has 2 aromatic rings. The minimum absolute atomic E-state index is 0.0449. The van der Waals surface area contributed by atoms with Crippen LogP contribution in [0.5, 0.6) is 0 Å². The maximum atomic E-state index is 12.9. The molecule has 2 amide bonds. The number of nitrogens with zero attached hydrogens (tertiary/aromatic N) is 3. The average Bonchev–Trinajstić information content (AvgIpc) is 2.87. The summed E-state index contributed by atoms with van der Waals surface area (Å²) < 4.78 is 0. The van der Waals surface area contributed by atoms with E-state index < -0.39 is 0 Å². The number of carbonyl (C=O) groups is 2. The van der Waals surface area contributed by atoms with Crippen LogP contribution in [0.3, 0.4) is 0 Å². The Morgan fingerprint density at radius 2 is 2.07 bits per heavy atom. The van der Waals surface area contributed by atoms with Crippen molar-refractivity contribution >= 4 is 34.8 Å². The van der Waals surface area contributed by atoms with E-state index in [0.717, 1.165) is 16.9 Å². The summed E-state index contributed by atoms with van der Waals surface area (Å²) in [7, 11) is 0. The molecule has 0 saturated carbocycles. The lowest BCUT2D eigenvalue weighted by Gasteiger charge is -2.40. The molecule has 0 spiro atoms. The summed E-state index contributed by atoms with van der Waals surface area (Å²) in [5.41, 5.74) is 3.19. The third-order valence-corrected chi connectivity index (χ3v) is 5.44. The number of amides is 2. The molecular formula is C20H21ClN4O2. The van der Waals surface area contributed by atoms with E-state index in [4.69, 9.17) is 11.6 Å². The van der Waals surface area contributed by atoms with Gasteiger partial charge in [0, 0.05) is 30.1 Å². The molecule has 4 rings (SSSR count). The Labute approximate surface area is 163 Å². The molecule has 0 aliphatic carbocycles. The highest BCUT2D eigenvalue weighted by atomic mass is 35.5. The van der Waals surface area contributed by atoms with Gasteiger partial charge in [-0.3, -0.25) is 19.5 Å². The summed E-state index contributed by atoms with van der Waals surface area (Å²) in [5.74, 6) is 0.129. The number of halogens is 1. The molecule has 1 fully saturated rings. The number of fused-ring (bicyclic) bond motifs is 1. The fourth-order valence-corrected chi connectivity index (χ4v) is 3.91. The molecule has 2 aliphatic rings. The number of anilines is 2. The topological polar surface area (TPSA) is 65.5 Å². The predicted molar refractivity (Wildman–Crippen MR) is 105 cm³/mol. The molecule has 1 saturated heterocycles. The third kappa shape index (κ3) is 3.14. The molecule has 27 heavy (non-hydrogen) atoms. The van der Waals surface area contributed by atoms with Crippen LogP contribution in [0.4, 0.5) is 11.4 Å². The van der Waals surface area contributed by atoms with Crippen LogP contribution >= 0.6 is 11.6 Å². The van der Waals surface area contributed by atoms with E-state index in [1.165, 1.54) is 0 Å².